The summed E-state index contributed by atoms with van der Waals surface area (Å²) in [4.78, 5) is 1.30. The van der Waals surface area contributed by atoms with E-state index in [1.165, 1.54) is 16.0 Å². The first-order valence-corrected chi connectivity index (χ1v) is 7.86. The number of ether oxygens (including phenoxy) is 1. The Bertz CT molecular complexity index is 436. The summed E-state index contributed by atoms with van der Waals surface area (Å²) in [6.45, 7) is 3.89. The van der Waals surface area contributed by atoms with Gasteiger partial charge in [0, 0.05) is 16.8 Å². The quantitative estimate of drug-likeness (QED) is 0.903. The Morgan fingerprint density at radius 2 is 2.11 bits per heavy atom. The van der Waals surface area contributed by atoms with Crippen LogP contribution in [0, 0.1) is 0 Å². The van der Waals surface area contributed by atoms with Crippen molar-refractivity contribution in [1.29, 1.82) is 0 Å². The Kier molecular flexibility index (Phi) is 5.85. The zero-order valence-electron chi connectivity index (χ0n) is 10.8. The normalized spacial score (nSPS) is 22.5. The minimum Gasteiger partial charge on any atom is -0.380 e. The second kappa shape index (κ2) is 7.19. The van der Waals surface area contributed by atoms with Gasteiger partial charge in [0.15, 0.2) is 0 Å². The first kappa shape index (κ1) is 15.5. The Balaban J connectivity index is 0.00000133. The molecule has 5 heteroatoms. The first-order chi connectivity index (χ1) is 8.84. The van der Waals surface area contributed by atoms with Gasteiger partial charge in [0.2, 0.25) is 0 Å². The molecule has 3 rings (SSSR count). The van der Waals surface area contributed by atoms with Crippen LogP contribution in [0.2, 0.25) is 5.02 Å². The SMILES string of the molecule is Cl.Clc1ccc2c(c1S[C@@H]1CCOC1)CCNCC2. The van der Waals surface area contributed by atoms with Crippen LogP contribution in [0.1, 0.15) is 17.5 Å². The Morgan fingerprint density at radius 1 is 1.26 bits per heavy atom. The molecule has 0 saturated carbocycles. The molecular formula is C14H19Cl2NOS. The Morgan fingerprint density at radius 3 is 2.89 bits per heavy atom. The van der Waals surface area contributed by atoms with Crippen molar-refractivity contribution < 1.29 is 4.74 Å². The molecule has 0 spiro atoms. The highest BCUT2D eigenvalue weighted by Gasteiger charge is 2.22. The molecule has 1 aromatic carbocycles. The zero-order chi connectivity index (χ0) is 12.4. The van der Waals surface area contributed by atoms with Crippen molar-refractivity contribution in [3.8, 4) is 0 Å². The van der Waals surface area contributed by atoms with Gasteiger partial charge in [-0.05, 0) is 49.5 Å². The van der Waals surface area contributed by atoms with E-state index in [0.717, 1.165) is 50.6 Å². The van der Waals surface area contributed by atoms with E-state index in [0.29, 0.717) is 5.25 Å². The van der Waals surface area contributed by atoms with Crippen LogP contribution in [0.5, 0.6) is 0 Å². The van der Waals surface area contributed by atoms with Crippen LogP contribution in [-0.4, -0.2) is 31.6 Å². The van der Waals surface area contributed by atoms with E-state index in [-0.39, 0.29) is 12.4 Å². The molecule has 0 unspecified atom stereocenters. The molecular weight excluding hydrogens is 301 g/mol. The van der Waals surface area contributed by atoms with E-state index in [1.54, 1.807) is 0 Å². The van der Waals surface area contributed by atoms with Crippen LogP contribution in [-0.2, 0) is 17.6 Å². The van der Waals surface area contributed by atoms with E-state index < -0.39 is 0 Å². The lowest BCUT2D eigenvalue weighted by molar-refractivity contribution is 0.199. The highest BCUT2D eigenvalue weighted by Crippen LogP contribution is 2.38. The number of fused-ring (bicyclic) bond motifs is 1. The van der Waals surface area contributed by atoms with E-state index in [9.17, 15) is 0 Å². The number of nitrogens with one attached hydrogen (secondary N) is 1. The van der Waals surface area contributed by atoms with E-state index in [1.807, 2.05) is 11.8 Å². The van der Waals surface area contributed by atoms with Crippen LogP contribution < -0.4 is 5.32 Å². The molecule has 0 aliphatic carbocycles. The van der Waals surface area contributed by atoms with Gasteiger partial charge in [-0.1, -0.05) is 17.7 Å². The third kappa shape index (κ3) is 3.59. The molecule has 1 saturated heterocycles. The monoisotopic (exact) mass is 319 g/mol. The molecule has 0 aromatic heterocycles. The second-order valence-electron chi connectivity index (χ2n) is 4.87. The smallest absolute Gasteiger partial charge is 0.0589 e. The van der Waals surface area contributed by atoms with Crippen molar-refractivity contribution in [2.24, 2.45) is 0 Å². The number of halogens is 2. The number of hydrogen-bond donors (Lipinski definition) is 1. The van der Waals surface area contributed by atoms with Crippen LogP contribution in [0.15, 0.2) is 17.0 Å². The van der Waals surface area contributed by atoms with Gasteiger partial charge in [-0.15, -0.1) is 24.2 Å². The van der Waals surface area contributed by atoms with Crippen molar-refractivity contribution >= 4 is 35.8 Å². The van der Waals surface area contributed by atoms with Crippen molar-refractivity contribution in [2.75, 3.05) is 26.3 Å². The third-order valence-corrected chi connectivity index (χ3v) is 5.44. The van der Waals surface area contributed by atoms with Gasteiger partial charge in [-0.25, -0.2) is 0 Å². The van der Waals surface area contributed by atoms with Gasteiger partial charge >= 0.3 is 0 Å². The van der Waals surface area contributed by atoms with Crippen molar-refractivity contribution in [2.45, 2.75) is 29.4 Å². The molecule has 1 aromatic rings. The maximum absolute atomic E-state index is 6.41. The van der Waals surface area contributed by atoms with Crippen molar-refractivity contribution in [1.82, 2.24) is 5.32 Å². The molecule has 0 bridgehead atoms. The molecule has 0 radical (unpaired) electrons. The molecule has 2 heterocycles. The number of rotatable bonds is 2. The molecule has 1 atom stereocenters. The summed E-state index contributed by atoms with van der Waals surface area (Å²) >= 11 is 8.33. The molecule has 0 amide bonds. The fourth-order valence-corrected chi connectivity index (χ4v) is 4.19. The summed E-state index contributed by atoms with van der Waals surface area (Å²) in [5.74, 6) is 0. The summed E-state index contributed by atoms with van der Waals surface area (Å²) in [6, 6.07) is 4.25. The lowest BCUT2D eigenvalue weighted by atomic mass is 10.0. The van der Waals surface area contributed by atoms with Crippen molar-refractivity contribution in [3.05, 3.63) is 28.3 Å². The average Bonchev–Trinajstić information content (AvgIpc) is 2.76. The predicted octanol–water partition coefficient (Wildman–Crippen LogP) is 3.33. The van der Waals surface area contributed by atoms with E-state index in [2.05, 4.69) is 17.4 Å². The molecule has 2 nitrogen and oxygen atoms in total. The molecule has 19 heavy (non-hydrogen) atoms. The topological polar surface area (TPSA) is 21.3 Å². The van der Waals surface area contributed by atoms with Crippen LogP contribution in [0.25, 0.3) is 0 Å². The predicted molar refractivity (Wildman–Crippen MR) is 84.1 cm³/mol. The number of thioether (sulfide) groups is 1. The maximum atomic E-state index is 6.41. The van der Waals surface area contributed by atoms with E-state index >= 15 is 0 Å². The van der Waals surface area contributed by atoms with E-state index in [4.69, 9.17) is 16.3 Å². The molecule has 2 aliphatic rings. The lowest BCUT2D eigenvalue weighted by Crippen LogP contribution is -2.16. The first-order valence-electron chi connectivity index (χ1n) is 6.60. The fourth-order valence-electron chi connectivity index (χ4n) is 2.61. The van der Waals surface area contributed by atoms with Gasteiger partial charge in [-0.2, -0.15) is 0 Å². The second-order valence-corrected chi connectivity index (χ2v) is 6.59. The van der Waals surface area contributed by atoms with Crippen molar-refractivity contribution in [3.63, 3.8) is 0 Å². The lowest BCUT2D eigenvalue weighted by Gasteiger charge is -2.16. The molecule has 2 aliphatic heterocycles. The minimum atomic E-state index is 0. The van der Waals surface area contributed by atoms with Crippen LogP contribution >= 0.6 is 35.8 Å². The van der Waals surface area contributed by atoms with Gasteiger partial charge < -0.3 is 10.1 Å². The molecule has 1 N–H and O–H groups in total. The van der Waals surface area contributed by atoms with Crippen LogP contribution in [0.4, 0.5) is 0 Å². The molecule has 106 valence electrons. The highest BCUT2D eigenvalue weighted by molar-refractivity contribution is 8.00. The zero-order valence-corrected chi connectivity index (χ0v) is 13.2. The van der Waals surface area contributed by atoms with Crippen LogP contribution in [0.3, 0.4) is 0 Å². The summed E-state index contributed by atoms with van der Waals surface area (Å²) < 4.78 is 5.46. The Labute approximate surface area is 130 Å². The number of hydrogen-bond acceptors (Lipinski definition) is 3. The standard InChI is InChI=1S/C14H18ClNOS.ClH/c15-13-2-1-10-3-6-16-7-4-12(10)14(13)18-11-5-8-17-9-11;/h1-2,11,16H,3-9H2;1H/t11-;/m1./s1. The maximum Gasteiger partial charge on any atom is 0.0589 e. The Hall–Kier alpha value is 0.0700. The fraction of sp³-hybridized carbons (Fsp3) is 0.571. The highest BCUT2D eigenvalue weighted by atomic mass is 35.5. The number of benzene rings is 1. The van der Waals surface area contributed by atoms with Gasteiger partial charge in [0.05, 0.1) is 11.6 Å². The average molecular weight is 320 g/mol. The summed E-state index contributed by atoms with van der Waals surface area (Å²) in [5, 5.41) is 4.94. The minimum absolute atomic E-state index is 0. The largest absolute Gasteiger partial charge is 0.380 e. The summed E-state index contributed by atoms with van der Waals surface area (Å²) in [5.41, 5.74) is 2.93. The summed E-state index contributed by atoms with van der Waals surface area (Å²) in [6.07, 6.45) is 3.34. The van der Waals surface area contributed by atoms with Gasteiger partial charge in [0.1, 0.15) is 0 Å². The third-order valence-electron chi connectivity index (χ3n) is 3.60. The van der Waals surface area contributed by atoms with Gasteiger partial charge in [0.25, 0.3) is 0 Å². The molecule has 1 fully saturated rings. The summed E-state index contributed by atoms with van der Waals surface area (Å²) in [7, 11) is 0. The van der Waals surface area contributed by atoms with Gasteiger partial charge in [-0.3, -0.25) is 0 Å².